The molecular formula is C15H17ClN2O2. The van der Waals surface area contributed by atoms with Gasteiger partial charge in [-0.3, -0.25) is 4.79 Å². The Kier molecular flexibility index (Phi) is 5.42. The third-order valence-electron chi connectivity index (χ3n) is 3.01. The van der Waals surface area contributed by atoms with Crippen LogP contribution in [0.4, 0.5) is 5.69 Å². The molecule has 1 atom stereocenters. The molecular weight excluding hydrogens is 276 g/mol. The van der Waals surface area contributed by atoms with Crippen LogP contribution in [-0.4, -0.2) is 25.2 Å². The van der Waals surface area contributed by atoms with Gasteiger partial charge in [0.25, 0.3) is 0 Å². The van der Waals surface area contributed by atoms with Crippen molar-refractivity contribution in [2.45, 2.75) is 25.4 Å². The van der Waals surface area contributed by atoms with E-state index in [0.717, 1.165) is 25.0 Å². The van der Waals surface area contributed by atoms with Crippen LogP contribution < -0.4 is 11.1 Å². The Balaban J connectivity index is 2.01. The Bertz CT molecular complexity index is 543. The summed E-state index contributed by atoms with van der Waals surface area (Å²) < 4.78 is 5.44. The fraction of sp³-hybridized carbons (Fsp3) is 0.400. The molecule has 0 bridgehead atoms. The monoisotopic (exact) mass is 292 g/mol. The summed E-state index contributed by atoms with van der Waals surface area (Å²) in [6, 6.07) is 5.25. The van der Waals surface area contributed by atoms with Crippen molar-refractivity contribution >= 4 is 23.2 Å². The lowest BCUT2D eigenvalue weighted by Crippen LogP contribution is -2.19. The second kappa shape index (κ2) is 7.30. The number of hydrogen-bond donors (Lipinski definition) is 2. The van der Waals surface area contributed by atoms with Gasteiger partial charge >= 0.3 is 0 Å². The largest absolute Gasteiger partial charge is 0.378 e. The van der Waals surface area contributed by atoms with Gasteiger partial charge in [-0.05, 0) is 31.0 Å². The highest BCUT2D eigenvalue weighted by Gasteiger charge is 2.19. The summed E-state index contributed by atoms with van der Waals surface area (Å²) in [5.41, 5.74) is 6.67. The standard InChI is InChI=1S/C15H17ClN2O2/c16-13-6-5-11(3-1-7-17)9-14(13)18-15(19)10-12-4-2-8-20-12/h5-6,9,12H,2,4,7-8,10,17H2,(H,18,19). The van der Waals surface area contributed by atoms with E-state index < -0.39 is 0 Å². The molecule has 1 fully saturated rings. The molecule has 1 aliphatic heterocycles. The molecule has 5 heteroatoms. The van der Waals surface area contributed by atoms with Crippen LogP contribution >= 0.6 is 11.6 Å². The quantitative estimate of drug-likeness (QED) is 0.839. The number of amides is 1. The normalized spacial score (nSPS) is 17.4. The van der Waals surface area contributed by atoms with E-state index in [0.29, 0.717) is 23.7 Å². The molecule has 1 amide bonds. The third kappa shape index (κ3) is 4.24. The van der Waals surface area contributed by atoms with Crippen LogP contribution in [0.15, 0.2) is 18.2 Å². The molecule has 0 aliphatic carbocycles. The van der Waals surface area contributed by atoms with Crippen molar-refractivity contribution in [3.8, 4) is 11.8 Å². The zero-order valence-electron chi connectivity index (χ0n) is 11.1. The molecule has 1 aromatic rings. The van der Waals surface area contributed by atoms with E-state index in [1.54, 1.807) is 18.2 Å². The molecule has 3 N–H and O–H groups in total. The number of anilines is 1. The highest BCUT2D eigenvalue weighted by Crippen LogP contribution is 2.24. The number of nitrogens with one attached hydrogen (secondary N) is 1. The Morgan fingerprint density at radius 3 is 3.10 bits per heavy atom. The fourth-order valence-corrected chi connectivity index (χ4v) is 2.23. The Morgan fingerprint density at radius 1 is 1.55 bits per heavy atom. The molecule has 1 unspecified atom stereocenters. The molecule has 0 aromatic heterocycles. The molecule has 0 radical (unpaired) electrons. The van der Waals surface area contributed by atoms with Gasteiger partial charge in [-0.25, -0.2) is 0 Å². The SMILES string of the molecule is NCC#Cc1ccc(Cl)c(NC(=O)CC2CCCO2)c1. The van der Waals surface area contributed by atoms with Gasteiger partial charge < -0.3 is 15.8 Å². The maximum Gasteiger partial charge on any atom is 0.227 e. The Hall–Kier alpha value is -1.54. The molecule has 2 rings (SSSR count). The number of rotatable bonds is 3. The molecule has 0 saturated carbocycles. The summed E-state index contributed by atoms with van der Waals surface area (Å²) in [5, 5.41) is 3.29. The number of carbonyl (C=O) groups is 1. The van der Waals surface area contributed by atoms with Gasteiger partial charge in [0.05, 0.1) is 29.8 Å². The summed E-state index contributed by atoms with van der Waals surface area (Å²) in [7, 11) is 0. The van der Waals surface area contributed by atoms with Gasteiger partial charge in [0.2, 0.25) is 5.91 Å². The van der Waals surface area contributed by atoms with E-state index in [1.807, 2.05) is 0 Å². The third-order valence-corrected chi connectivity index (χ3v) is 3.34. The van der Waals surface area contributed by atoms with Crippen LogP contribution in [0.5, 0.6) is 0 Å². The molecule has 1 saturated heterocycles. The first-order valence-corrected chi connectivity index (χ1v) is 6.97. The molecule has 106 valence electrons. The van der Waals surface area contributed by atoms with Crippen molar-refractivity contribution < 1.29 is 9.53 Å². The number of hydrogen-bond acceptors (Lipinski definition) is 3. The zero-order valence-corrected chi connectivity index (χ0v) is 11.9. The van der Waals surface area contributed by atoms with E-state index in [4.69, 9.17) is 22.1 Å². The lowest BCUT2D eigenvalue weighted by Gasteiger charge is -2.11. The van der Waals surface area contributed by atoms with Crippen LogP contribution in [0, 0.1) is 11.8 Å². The molecule has 20 heavy (non-hydrogen) atoms. The van der Waals surface area contributed by atoms with E-state index >= 15 is 0 Å². The Labute approximate surface area is 123 Å². The predicted octanol–water partition coefficient (Wildman–Crippen LogP) is 2.16. The number of ether oxygens (including phenoxy) is 1. The van der Waals surface area contributed by atoms with E-state index in [1.165, 1.54) is 0 Å². The Morgan fingerprint density at radius 2 is 2.40 bits per heavy atom. The van der Waals surface area contributed by atoms with Gasteiger partial charge in [-0.1, -0.05) is 23.4 Å². The second-order valence-corrected chi connectivity index (χ2v) is 5.00. The van der Waals surface area contributed by atoms with Crippen molar-refractivity contribution in [3.63, 3.8) is 0 Å². The topological polar surface area (TPSA) is 64.3 Å². The molecule has 1 aliphatic rings. The van der Waals surface area contributed by atoms with Gasteiger partial charge in [0.1, 0.15) is 0 Å². The molecule has 4 nitrogen and oxygen atoms in total. The van der Waals surface area contributed by atoms with Crippen LogP contribution in [0.3, 0.4) is 0 Å². The lowest BCUT2D eigenvalue weighted by molar-refractivity contribution is -0.118. The van der Waals surface area contributed by atoms with E-state index in [9.17, 15) is 4.79 Å². The number of benzene rings is 1. The van der Waals surface area contributed by atoms with E-state index in [2.05, 4.69) is 17.2 Å². The minimum Gasteiger partial charge on any atom is -0.378 e. The highest BCUT2D eigenvalue weighted by atomic mass is 35.5. The minimum atomic E-state index is -0.0947. The summed E-state index contributed by atoms with van der Waals surface area (Å²) in [6.45, 7) is 1.03. The van der Waals surface area contributed by atoms with Gasteiger partial charge in [0.15, 0.2) is 0 Å². The number of nitrogens with two attached hydrogens (primary N) is 1. The number of halogens is 1. The van der Waals surface area contributed by atoms with Crippen LogP contribution in [0.2, 0.25) is 5.02 Å². The first kappa shape index (κ1) is 14.9. The molecule has 1 aromatic carbocycles. The zero-order chi connectivity index (χ0) is 14.4. The van der Waals surface area contributed by atoms with Crippen molar-refractivity contribution in [2.24, 2.45) is 5.73 Å². The first-order valence-electron chi connectivity index (χ1n) is 6.59. The van der Waals surface area contributed by atoms with Crippen LogP contribution in [0.25, 0.3) is 0 Å². The average Bonchev–Trinajstić information content (AvgIpc) is 2.92. The number of carbonyl (C=O) groups excluding carboxylic acids is 1. The maximum absolute atomic E-state index is 11.9. The minimum absolute atomic E-state index is 0.0222. The second-order valence-electron chi connectivity index (χ2n) is 4.59. The fourth-order valence-electron chi connectivity index (χ4n) is 2.07. The van der Waals surface area contributed by atoms with Gasteiger partial charge in [-0.15, -0.1) is 0 Å². The lowest BCUT2D eigenvalue weighted by atomic mass is 10.1. The molecule has 1 heterocycles. The average molecular weight is 293 g/mol. The predicted molar refractivity (Wildman–Crippen MR) is 79.6 cm³/mol. The highest BCUT2D eigenvalue weighted by molar-refractivity contribution is 6.33. The molecule has 0 spiro atoms. The van der Waals surface area contributed by atoms with Crippen molar-refractivity contribution in [3.05, 3.63) is 28.8 Å². The van der Waals surface area contributed by atoms with Crippen LogP contribution in [-0.2, 0) is 9.53 Å². The van der Waals surface area contributed by atoms with E-state index in [-0.39, 0.29) is 12.0 Å². The van der Waals surface area contributed by atoms with Crippen molar-refractivity contribution in [1.29, 1.82) is 0 Å². The van der Waals surface area contributed by atoms with Crippen LogP contribution in [0.1, 0.15) is 24.8 Å². The first-order chi connectivity index (χ1) is 9.69. The van der Waals surface area contributed by atoms with Gasteiger partial charge in [-0.2, -0.15) is 0 Å². The summed E-state index contributed by atoms with van der Waals surface area (Å²) >= 11 is 6.07. The summed E-state index contributed by atoms with van der Waals surface area (Å²) in [5.74, 6) is 5.58. The summed E-state index contributed by atoms with van der Waals surface area (Å²) in [6.07, 6.45) is 2.33. The smallest absolute Gasteiger partial charge is 0.227 e. The summed E-state index contributed by atoms with van der Waals surface area (Å²) in [4.78, 5) is 11.9. The maximum atomic E-state index is 11.9. The van der Waals surface area contributed by atoms with Gasteiger partial charge in [0, 0.05) is 12.2 Å². The van der Waals surface area contributed by atoms with Crippen molar-refractivity contribution in [2.75, 3.05) is 18.5 Å². The van der Waals surface area contributed by atoms with Crippen molar-refractivity contribution in [1.82, 2.24) is 0 Å².